The van der Waals surface area contributed by atoms with Crippen LogP contribution in [0.2, 0.25) is 0 Å². The van der Waals surface area contributed by atoms with Gasteiger partial charge in [-0.05, 0) is 77.1 Å². The fraction of sp³-hybridized carbons (Fsp3) is 0.576. The molecule has 4 N–H and O–H groups in total. The van der Waals surface area contributed by atoms with Crippen LogP contribution in [0.15, 0.2) is 48.5 Å². The molecule has 0 aliphatic heterocycles. The summed E-state index contributed by atoms with van der Waals surface area (Å²) in [5.74, 6) is -0.0120. The number of hydrogen-bond donors (Lipinski definition) is 3. The molecule has 1 amide bonds. The van der Waals surface area contributed by atoms with Crippen LogP contribution in [-0.2, 0) is 11.2 Å². The van der Waals surface area contributed by atoms with Crippen molar-refractivity contribution in [2.75, 3.05) is 41.3 Å². The molecule has 2 aliphatic carbocycles. The Morgan fingerprint density at radius 1 is 0.875 bits per heavy atom. The minimum absolute atomic E-state index is 0. The Morgan fingerprint density at radius 2 is 1.35 bits per heavy atom. The molecule has 220 valence electrons. The Kier molecular flexibility index (Phi) is 12.3. The van der Waals surface area contributed by atoms with E-state index in [1.54, 1.807) is 24.3 Å². The van der Waals surface area contributed by atoms with Crippen LogP contribution in [-0.4, -0.2) is 67.2 Å². The number of primary amides is 1. The number of aliphatic hydroxyl groups is 2. The summed E-state index contributed by atoms with van der Waals surface area (Å²) in [6, 6.07) is 14.6. The zero-order chi connectivity index (χ0) is 28.6. The van der Waals surface area contributed by atoms with Crippen molar-refractivity contribution in [1.82, 2.24) is 9.80 Å². The van der Waals surface area contributed by atoms with Crippen molar-refractivity contribution in [3.05, 3.63) is 76.6 Å². The van der Waals surface area contributed by atoms with Crippen molar-refractivity contribution in [2.45, 2.75) is 70.0 Å². The molecule has 4 rings (SSSR count). The Labute approximate surface area is 241 Å². The van der Waals surface area contributed by atoms with Crippen molar-refractivity contribution in [1.29, 1.82) is 0 Å². The third kappa shape index (κ3) is 8.14. The molecule has 2 aromatic rings. The van der Waals surface area contributed by atoms with Gasteiger partial charge in [-0.15, -0.1) is 0 Å². The van der Waals surface area contributed by atoms with Crippen molar-refractivity contribution < 1.29 is 15.0 Å². The zero-order valence-corrected chi connectivity index (χ0v) is 24.1. The fourth-order valence-corrected chi connectivity index (χ4v) is 6.37. The highest BCUT2D eigenvalue weighted by Gasteiger charge is 2.41. The smallest absolute Gasteiger partial charge is 0.248 e. The highest BCUT2D eigenvalue weighted by Crippen LogP contribution is 2.43. The molecular weight excluding hydrogens is 500 g/mol. The third-order valence-electron chi connectivity index (χ3n) is 8.36. The number of rotatable bonds is 7. The van der Waals surface area contributed by atoms with E-state index < -0.39 is 17.1 Å². The molecule has 0 heterocycles. The Balaban J connectivity index is 0.000000274. The summed E-state index contributed by atoms with van der Waals surface area (Å²) in [4.78, 5) is 19.1. The van der Waals surface area contributed by atoms with E-state index in [0.717, 1.165) is 69.2 Å². The molecule has 7 heteroatoms. The SMILES string of the molecule is C.CN(C)CC1CCCCC1(O)c1cccc(C(N)=O)c1.[C-]#[N+]c1cccc(C2(O)CCCCC2CN(C)C)c1. The summed E-state index contributed by atoms with van der Waals surface area (Å²) < 4.78 is 0. The van der Waals surface area contributed by atoms with Gasteiger partial charge in [-0.3, -0.25) is 4.79 Å². The summed E-state index contributed by atoms with van der Waals surface area (Å²) >= 11 is 0. The van der Waals surface area contributed by atoms with Crippen LogP contribution in [0.3, 0.4) is 0 Å². The average molecular weight is 551 g/mol. The fourth-order valence-electron chi connectivity index (χ4n) is 6.37. The Hall–Kier alpha value is -2.76. The number of nitrogens with zero attached hydrogens (tertiary/aromatic N) is 3. The topological polar surface area (TPSA) is 94.4 Å². The van der Waals surface area contributed by atoms with Gasteiger partial charge in [0.15, 0.2) is 5.69 Å². The van der Waals surface area contributed by atoms with E-state index in [1.807, 2.05) is 52.5 Å². The maximum absolute atomic E-state index is 11.3. The van der Waals surface area contributed by atoms with Gasteiger partial charge >= 0.3 is 0 Å². The first-order chi connectivity index (χ1) is 18.5. The van der Waals surface area contributed by atoms with Crippen molar-refractivity contribution in [3.63, 3.8) is 0 Å². The lowest BCUT2D eigenvalue weighted by atomic mass is 9.71. The molecule has 2 aliphatic rings. The Morgan fingerprint density at radius 3 is 1.80 bits per heavy atom. The van der Waals surface area contributed by atoms with Gasteiger partial charge < -0.3 is 25.7 Å². The summed E-state index contributed by atoms with van der Waals surface area (Å²) in [6.07, 6.45) is 8.01. The second-order valence-electron chi connectivity index (χ2n) is 11.9. The standard InChI is InChI=1S/C16H24N2O2.C16H22N2O.CH4/c1-18(2)11-14-7-3-4-9-16(14,20)13-8-5-6-12(10-13)15(17)19;1-17-15-9-6-8-13(11-15)16(19)10-5-4-7-14(16)12-18(2)3;/h5-6,8,10,14,20H,3-4,7,9,11H2,1-2H3,(H2,17,19);6,8-9,11,14,19H,4-5,7,10,12H2,2-3H3;1H4. The zero-order valence-electron chi connectivity index (χ0n) is 24.1. The maximum Gasteiger partial charge on any atom is 0.248 e. The minimum Gasteiger partial charge on any atom is -0.385 e. The molecular formula is C33H50N4O3. The van der Waals surface area contributed by atoms with Crippen LogP contribution in [0.1, 0.15) is 80.3 Å². The highest BCUT2D eigenvalue weighted by molar-refractivity contribution is 5.92. The monoisotopic (exact) mass is 550 g/mol. The van der Waals surface area contributed by atoms with E-state index in [-0.39, 0.29) is 19.3 Å². The molecule has 7 nitrogen and oxygen atoms in total. The molecule has 0 radical (unpaired) electrons. The number of amides is 1. The van der Waals surface area contributed by atoms with Gasteiger partial charge in [-0.25, -0.2) is 4.85 Å². The molecule has 2 aromatic carbocycles. The molecule has 4 atom stereocenters. The van der Waals surface area contributed by atoms with Crippen LogP contribution in [0.25, 0.3) is 4.85 Å². The van der Waals surface area contributed by atoms with Crippen LogP contribution in [0.5, 0.6) is 0 Å². The van der Waals surface area contributed by atoms with Gasteiger partial charge in [0.2, 0.25) is 5.91 Å². The predicted molar refractivity (Wildman–Crippen MR) is 163 cm³/mol. The molecule has 0 bridgehead atoms. The van der Waals surface area contributed by atoms with Crippen LogP contribution in [0, 0.1) is 18.4 Å². The number of benzene rings is 2. The average Bonchev–Trinajstić information content (AvgIpc) is 2.91. The van der Waals surface area contributed by atoms with Crippen molar-refractivity contribution >= 4 is 11.6 Å². The Bertz CT molecular complexity index is 1140. The van der Waals surface area contributed by atoms with Crippen LogP contribution in [0.4, 0.5) is 5.69 Å². The molecule has 0 saturated heterocycles. The minimum atomic E-state index is -0.853. The second-order valence-corrected chi connectivity index (χ2v) is 11.9. The van der Waals surface area contributed by atoms with Gasteiger partial charge in [0.1, 0.15) is 0 Å². The second kappa shape index (κ2) is 14.7. The molecule has 2 fully saturated rings. The quantitative estimate of drug-likeness (QED) is 0.394. The van der Waals surface area contributed by atoms with E-state index in [1.165, 1.54) is 6.42 Å². The van der Waals surface area contributed by atoms with E-state index in [9.17, 15) is 15.0 Å². The molecule has 2 saturated carbocycles. The number of carbonyl (C=O) groups is 1. The highest BCUT2D eigenvalue weighted by atomic mass is 16.3. The van der Waals surface area contributed by atoms with Gasteiger partial charge in [0.25, 0.3) is 0 Å². The first-order valence-corrected chi connectivity index (χ1v) is 14.1. The molecule has 4 unspecified atom stereocenters. The van der Waals surface area contributed by atoms with Gasteiger partial charge in [-0.2, -0.15) is 0 Å². The molecule has 40 heavy (non-hydrogen) atoms. The summed E-state index contributed by atoms with van der Waals surface area (Å²) in [5, 5.41) is 22.3. The van der Waals surface area contributed by atoms with E-state index in [4.69, 9.17) is 12.3 Å². The lowest BCUT2D eigenvalue weighted by Crippen LogP contribution is -2.43. The number of carbonyl (C=O) groups excluding carboxylic acids is 1. The van der Waals surface area contributed by atoms with Crippen molar-refractivity contribution in [2.24, 2.45) is 17.6 Å². The third-order valence-corrected chi connectivity index (χ3v) is 8.36. The number of hydrogen-bond acceptors (Lipinski definition) is 5. The van der Waals surface area contributed by atoms with Crippen molar-refractivity contribution in [3.8, 4) is 0 Å². The van der Waals surface area contributed by atoms with E-state index >= 15 is 0 Å². The van der Waals surface area contributed by atoms with Crippen LogP contribution >= 0.6 is 0 Å². The predicted octanol–water partition coefficient (Wildman–Crippen LogP) is 5.54. The molecule has 0 spiro atoms. The summed E-state index contributed by atoms with van der Waals surface area (Å²) in [7, 11) is 8.14. The van der Waals surface area contributed by atoms with Crippen LogP contribution < -0.4 is 5.73 Å². The molecule has 0 aromatic heterocycles. The lowest BCUT2D eigenvalue weighted by Gasteiger charge is -2.42. The van der Waals surface area contributed by atoms with E-state index in [2.05, 4.69) is 14.6 Å². The summed E-state index contributed by atoms with van der Waals surface area (Å²) in [6.45, 7) is 8.85. The van der Waals surface area contributed by atoms with Gasteiger partial charge in [0.05, 0.1) is 17.8 Å². The van der Waals surface area contributed by atoms with E-state index in [0.29, 0.717) is 11.3 Å². The maximum atomic E-state index is 11.3. The summed E-state index contributed by atoms with van der Waals surface area (Å²) in [5.41, 5.74) is 6.52. The first-order valence-electron chi connectivity index (χ1n) is 14.1. The lowest BCUT2D eigenvalue weighted by molar-refractivity contribution is -0.0620. The normalized spacial score (nSPS) is 26.3. The largest absolute Gasteiger partial charge is 0.385 e. The van der Waals surface area contributed by atoms with Gasteiger partial charge in [-0.1, -0.05) is 69.5 Å². The van der Waals surface area contributed by atoms with Gasteiger partial charge in [0, 0.05) is 30.5 Å². The number of nitrogens with two attached hydrogens (primary N) is 1. The first kappa shape index (κ1) is 33.4.